The SMILES string of the molecule is CCC(CC#N)NCc1cc(C)n(C)c1C. The van der Waals surface area contributed by atoms with Gasteiger partial charge < -0.3 is 9.88 Å². The molecule has 0 amide bonds. The van der Waals surface area contributed by atoms with E-state index < -0.39 is 0 Å². The van der Waals surface area contributed by atoms with Crippen LogP contribution in [0.3, 0.4) is 0 Å². The van der Waals surface area contributed by atoms with E-state index in [1.54, 1.807) is 0 Å². The van der Waals surface area contributed by atoms with Crippen molar-refractivity contribution in [3.05, 3.63) is 23.0 Å². The summed E-state index contributed by atoms with van der Waals surface area (Å²) in [6, 6.07) is 4.74. The largest absolute Gasteiger partial charge is 0.352 e. The monoisotopic (exact) mass is 219 g/mol. The van der Waals surface area contributed by atoms with Gasteiger partial charge in [-0.1, -0.05) is 6.92 Å². The molecule has 0 aliphatic rings. The van der Waals surface area contributed by atoms with Crippen molar-refractivity contribution in [1.82, 2.24) is 9.88 Å². The van der Waals surface area contributed by atoms with E-state index in [4.69, 9.17) is 5.26 Å². The summed E-state index contributed by atoms with van der Waals surface area (Å²) in [7, 11) is 2.08. The molecule has 1 rings (SSSR count). The molecule has 1 aromatic rings. The van der Waals surface area contributed by atoms with Gasteiger partial charge in [0.25, 0.3) is 0 Å². The molecule has 3 heteroatoms. The van der Waals surface area contributed by atoms with Crippen LogP contribution in [0.1, 0.15) is 36.7 Å². The van der Waals surface area contributed by atoms with Gasteiger partial charge in [0.2, 0.25) is 0 Å². The Balaban J connectivity index is 2.61. The zero-order valence-electron chi connectivity index (χ0n) is 10.7. The molecule has 0 saturated heterocycles. The fraction of sp³-hybridized carbons (Fsp3) is 0.615. The number of aromatic nitrogens is 1. The van der Waals surface area contributed by atoms with Crippen LogP contribution in [0.25, 0.3) is 0 Å². The summed E-state index contributed by atoms with van der Waals surface area (Å²) in [6.07, 6.45) is 1.58. The Labute approximate surface area is 98.1 Å². The Morgan fingerprint density at radius 2 is 2.19 bits per heavy atom. The van der Waals surface area contributed by atoms with Crippen molar-refractivity contribution in [2.75, 3.05) is 0 Å². The molecule has 16 heavy (non-hydrogen) atoms. The minimum Gasteiger partial charge on any atom is -0.352 e. The molecule has 88 valence electrons. The quantitative estimate of drug-likeness (QED) is 0.826. The lowest BCUT2D eigenvalue weighted by atomic mass is 10.1. The first-order chi connectivity index (χ1) is 7.60. The van der Waals surface area contributed by atoms with Crippen LogP contribution in [-0.4, -0.2) is 10.6 Å². The van der Waals surface area contributed by atoms with Gasteiger partial charge >= 0.3 is 0 Å². The Kier molecular flexibility index (Phi) is 4.57. The molecule has 1 heterocycles. The summed E-state index contributed by atoms with van der Waals surface area (Å²) in [5.41, 5.74) is 3.91. The Morgan fingerprint density at radius 1 is 1.50 bits per heavy atom. The number of nitrogens with one attached hydrogen (secondary N) is 1. The molecule has 0 aromatic carbocycles. The molecule has 1 N–H and O–H groups in total. The molecule has 1 aromatic heterocycles. The zero-order chi connectivity index (χ0) is 12.1. The zero-order valence-corrected chi connectivity index (χ0v) is 10.7. The van der Waals surface area contributed by atoms with E-state index in [0.29, 0.717) is 12.5 Å². The molecule has 0 bridgehead atoms. The maximum Gasteiger partial charge on any atom is 0.0638 e. The van der Waals surface area contributed by atoms with Crippen molar-refractivity contribution < 1.29 is 0 Å². The molecule has 0 spiro atoms. The van der Waals surface area contributed by atoms with Gasteiger partial charge in [-0.05, 0) is 31.9 Å². The van der Waals surface area contributed by atoms with E-state index in [1.807, 2.05) is 0 Å². The Bertz CT molecular complexity index is 385. The Hall–Kier alpha value is -1.27. The topological polar surface area (TPSA) is 40.8 Å². The lowest BCUT2D eigenvalue weighted by molar-refractivity contribution is 0.504. The highest BCUT2D eigenvalue weighted by atomic mass is 15.0. The normalized spacial score (nSPS) is 12.4. The minimum absolute atomic E-state index is 0.310. The van der Waals surface area contributed by atoms with Gasteiger partial charge in [-0.15, -0.1) is 0 Å². The molecule has 1 unspecified atom stereocenters. The van der Waals surface area contributed by atoms with E-state index in [9.17, 15) is 0 Å². The van der Waals surface area contributed by atoms with Crippen LogP contribution in [0, 0.1) is 25.2 Å². The second-order valence-corrected chi connectivity index (χ2v) is 4.30. The van der Waals surface area contributed by atoms with Gasteiger partial charge in [-0.25, -0.2) is 0 Å². The maximum absolute atomic E-state index is 8.67. The third kappa shape index (κ3) is 2.86. The van der Waals surface area contributed by atoms with Crippen LogP contribution < -0.4 is 5.32 Å². The van der Waals surface area contributed by atoms with Crippen LogP contribution in [0.2, 0.25) is 0 Å². The molecule has 3 nitrogen and oxygen atoms in total. The second-order valence-electron chi connectivity index (χ2n) is 4.30. The molecule has 0 saturated carbocycles. The average molecular weight is 219 g/mol. The number of aryl methyl sites for hydroxylation is 1. The van der Waals surface area contributed by atoms with Gasteiger partial charge in [0.1, 0.15) is 0 Å². The van der Waals surface area contributed by atoms with Crippen LogP contribution in [0.15, 0.2) is 6.07 Å². The number of hydrogen-bond donors (Lipinski definition) is 1. The molecule has 0 aliphatic carbocycles. The molecule has 0 fully saturated rings. The van der Waals surface area contributed by atoms with Crippen molar-refractivity contribution in [3.63, 3.8) is 0 Å². The Morgan fingerprint density at radius 3 is 2.62 bits per heavy atom. The fourth-order valence-corrected chi connectivity index (χ4v) is 1.84. The van der Waals surface area contributed by atoms with Crippen LogP contribution in [0.5, 0.6) is 0 Å². The summed E-state index contributed by atoms with van der Waals surface area (Å²) in [6.45, 7) is 7.21. The van der Waals surface area contributed by atoms with E-state index in [-0.39, 0.29) is 0 Å². The lowest BCUT2D eigenvalue weighted by Crippen LogP contribution is -2.27. The van der Waals surface area contributed by atoms with Crippen molar-refractivity contribution in [3.8, 4) is 6.07 Å². The maximum atomic E-state index is 8.67. The average Bonchev–Trinajstić information content (AvgIpc) is 2.52. The van der Waals surface area contributed by atoms with E-state index in [1.165, 1.54) is 17.0 Å². The second kappa shape index (κ2) is 5.72. The number of nitriles is 1. The molecule has 0 radical (unpaired) electrons. The van der Waals surface area contributed by atoms with Crippen molar-refractivity contribution >= 4 is 0 Å². The highest BCUT2D eigenvalue weighted by Crippen LogP contribution is 2.13. The molecular weight excluding hydrogens is 198 g/mol. The minimum atomic E-state index is 0.310. The summed E-state index contributed by atoms with van der Waals surface area (Å²) in [5, 5.41) is 12.1. The first-order valence-corrected chi connectivity index (χ1v) is 5.82. The summed E-state index contributed by atoms with van der Waals surface area (Å²) in [4.78, 5) is 0. The van der Waals surface area contributed by atoms with E-state index in [2.05, 4.69) is 49.8 Å². The summed E-state index contributed by atoms with van der Waals surface area (Å²) in [5.74, 6) is 0. The molecular formula is C13H21N3. The van der Waals surface area contributed by atoms with Gasteiger partial charge in [-0.2, -0.15) is 5.26 Å². The first-order valence-electron chi connectivity index (χ1n) is 5.82. The third-order valence-electron chi connectivity index (χ3n) is 3.29. The van der Waals surface area contributed by atoms with Crippen molar-refractivity contribution in [2.45, 2.75) is 46.2 Å². The molecule has 1 atom stereocenters. The van der Waals surface area contributed by atoms with Gasteiger partial charge in [0.15, 0.2) is 0 Å². The predicted molar refractivity (Wildman–Crippen MR) is 66.0 cm³/mol. The van der Waals surface area contributed by atoms with Gasteiger partial charge in [-0.3, -0.25) is 0 Å². The van der Waals surface area contributed by atoms with Gasteiger partial charge in [0, 0.05) is 31.0 Å². The van der Waals surface area contributed by atoms with Crippen LogP contribution in [-0.2, 0) is 13.6 Å². The molecule has 0 aliphatic heterocycles. The van der Waals surface area contributed by atoms with Crippen LogP contribution in [0.4, 0.5) is 0 Å². The fourth-order valence-electron chi connectivity index (χ4n) is 1.84. The number of hydrogen-bond acceptors (Lipinski definition) is 2. The van der Waals surface area contributed by atoms with Gasteiger partial charge in [0.05, 0.1) is 12.5 Å². The predicted octanol–water partition coefficient (Wildman–Crippen LogP) is 2.42. The highest BCUT2D eigenvalue weighted by Gasteiger charge is 2.08. The smallest absolute Gasteiger partial charge is 0.0638 e. The first kappa shape index (κ1) is 12.8. The lowest BCUT2D eigenvalue weighted by Gasteiger charge is -2.13. The van der Waals surface area contributed by atoms with E-state index >= 15 is 0 Å². The standard InChI is InChI=1S/C13H21N3/c1-5-13(6-7-14)15-9-12-8-10(2)16(4)11(12)3/h8,13,15H,5-6,9H2,1-4H3. The number of rotatable bonds is 5. The van der Waals surface area contributed by atoms with Crippen molar-refractivity contribution in [2.24, 2.45) is 7.05 Å². The summed E-state index contributed by atoms with van der Waals surface area (Å²) >= 11 is 0. The van der Waals surface area contributed by atoms with Crippen molar-refractivity contribution in [1.29, 1.82) is 5.26 Å². The van der Waals surface area contributed by atoms with Crippen LogP contribution >= 0.6 is 0 Å². The third-order valence-corrected chi connectivity index (χ3v) is 3.29. The highest BCUT2D eigenvalue weighted by molar-refractivity contribution is 5.26. The summed E-state index contributed by atoms with van der Waals surface area (Å²) < 4.78 is 2.20. The number of nitrogens with zero attached hydrogens (tertiary/aromatic N) is 2. The van der Waals surface area contributed by atoms with E-state index in [0.717, 1.165) is 13.0 Å².